The number of nitrogens with zero attached hydrogens (tertiary/aromatic N) is 1. The van der Waals surface area contributed by atoms with Crippen LogP contribution in [0.3, 0.4) is 0 Å². The first kappa shape index (κ1) is 16.9. The Balaban J connectivity index is 1.92. The third-order valence-electron chi connectivity index (χ3n) is 4.04. The number of methoxy groups -OCH3 is 1. The van der Waals surface area contributed by atoms with Gasteiger partial charge in [0.2, 0.25) is 5.91 Å². The molecule has 0 radical (unpaired) electrons. The van der Waals surface area contributed by atoms with Gasteiger partial charge in [0, 0.05) is 24.4 Å². The minimum absolute atomic E-state index is 0.0847. The van der Waals surface area contributed by atoms with Crippen LogP contribution in [-0.4, -0.2) is 22.6 Å². The van der Waals surface area contributed by atoms with E-state index in [1.807, 2.05) is 45.0 Å². The van der Waals surface area contributed by atoms with Crippen molar-refractivity contribution in [2.75, 3.05) is 7.11 Å². The monoisotopic (exact) mass is 317 g/mol. The Labute approximate surface area is 135 Å². The van der Waals surface area contributed by atoms with Crippen LogP contribution in [0.2, 0.25) is 0 Å². The summed E-state index contributed by atoms with van der Waals surface area (Å²) in [5.74, 6) is 0.698. The van der Waals surface area contributed by atoms with Gasteiger partial charge in [-0.2, -0.15) is 0 Å². The molecule has 1 heterocycles. The van der Waals surface area contributed by atoms with E-state index in [1.54, 1.807) is 11.7 Å². The lowest BCUT2D eigenvalue weighted by molar-refractivity contribution is -0.121. The average Bonchev–Trinajstić information content (AvgIpc) is 2.78. The third kappa shape index (κ3) is 4.03. The van der Waals surface area contributed by atoms with E-state index in [0.29, 0.717) is 6.54 Å². The Bertz CT molecular complexity index is 729. The van der Waals surface area contributed by atoms with Crippen LogP contribution in [0.15, 0.2) is 29.1 Å². The lowest BCUT2D eigenvalue weighted by atomic mass is 10.1. The van der Waals surface area contributed by atoms with Gasteiger partial charge in [-0.05, 0) is 38.5 Å². The number of hydrogen-bond donors (Lipinski definition) is 2. The number of aromatic amines is 1. The SMILES string of the molecule is COc1ccc(C(C)NC(=O)CCn2c(C)c(C)[nH]c2=O)cc1. The van der Waals surface area contributed by atoms with Gasteiger partial charge >= 0.3 is 5.69 Å². The number of carbonyl (C=O) groups is 1. The highest BCUT2D eigenvalue weighted by Gasteiger charge is 2.12. The summed E-state index contributed by atoms with van der Waals surface area (Å²) < 4.78 is 6.71. The summed E-state index contributed by atoms with van der Waals surface area (Å²) in [6.45, 7) is 6.01. The number of carbonyl (C=O) groups excluding carboxylic acids is 1. The maximum absolute atomic E-state index is 12.1. The highest BCUT2D eigenvalue weighted by atomic mass is 16.5. The molecule has 2 aromatic rings. The minimum atomic E-state index is -0.170. The van der Waals surface area contributed by atoms with Crippen molar-refractivity contribution in [1.29, 1.82) is 0 Å². The number of ether oxygens (including phenoxy) is 1. The van der Waals surface area contributed by atoms with E-state index >= 15 is 0 Å². The second-order valence-corrected chi connectivity index (χ2v) is 5.60. The first-order valence-electron chi connectivity index (χ1n) is 7.61. The molecule has 0 fully saturated rings. The molecule has 6 nitrogen and oxygen atoms in total. The van der Waals surface area contributed by atoms with Gasteiger partial charge in [0.15, 0.2) is 0 Å². The van der Waals surface area contributed by atoms with Crippen LogP contribution in [0.1, 0.15) is 36.3 Å². The number of amides is 1. The first-order valence-corrected chi connectivity index (χ1v) is 7.61. The molecule has 0 aliphatic carbocycles. The van der Waals surface area contributed by atoms with Gasteiger partial charge < -0.3 is 15.0 Å². The molecule has 124 valence electrons. The number of aryl methyl sites for hydroxylation is 1. The molecule has 0 spiro atoms. The molecule has 23 heavy (non-hydrogen) atoms. The summed E-state index contributed by atoms with van der Waals surface area (Å²) in [5, 5.41) is 2.94. The molecule has 0 bridgehead atoms. The lowest BCUT2D eigenvalue weighted by Crippen LogP contribution is -2.29. The zero-order chi connectivity index (χ0) is 17.0. The van der Waals surface area contributed by atoms with Crippen molar-refractivity contribution in [3.63, 3.8) is 0 Å². The smallest absolute Gasteiger partial charge is 0.325 e. The van der Waals surface area contributed by atoms with Gasteiger partial charge in [0.25, 0.3) is 0 Å². The van der Waals surface area contributed by atoms with Crippen LogP contribution in [0.5, 0.6) is 5.75 Å². The molecular formula is C17H23N3O3. The molecule has 1 amide bonds. The number of imidazole rings is 1. The predicted octanol–water partition coefficient (Wildman–Crippen LogP) is 2.07. The molecular weight excluding hydrogens is 294 g/mol. The molecule has 1 unspecified atom stereocenters. The van der Waals surface area contributed by atoms with E-state index in [4.69, 9.17) is 4.74 Å². The van der Waals surface area contributed by atoms with Crippen molar-refractivity contribution in [2.24, 2.45) is 0 Å². The summed E-state index contributed by atoms with van der Waals surface area (Å²) >= 11 is 0. The highest BCUT2D eigenvalue weighted by Crippen LogP contribution is 2.17. The molecule has 2 N–H and O–H groups in total. The van der Waals surface area contributed by atoms with Gasteiger partial charge in [0.1, 0.15) is 5.75 Å². The number of H-pyrrole nitrogens is 1. The number of aromatic nitrogens is 2. The van der Waals surface area contributed by atoms with Crippen molar-refractivity contribution in [3.8, 4) is 5.75 Å². The van der Waals surface area contributed by atoms with Crippen molar-refractivity contribution < 1.29 is 9.53 Å². The summed E-state index contributed by atoms with van der Waals surface area (Å²) in [4.78, 5) is 26.6. The molecule has 0 saturated carbocycles. The second-order valence-electron chi connectivity index (χ2n) is 5.60. The van der Waals surface area contributed by atoms with E-state index < -0.39 is 0 Å². The lowest BCUT2D eigenvalue weighted by Gasteiger charge is -2.15. The number of benzene rings is 1. The van der Waals surface area contributed by atoms with Crippen LogP contribution >= 0.6 is 0 Å². The van der Waals surface area contributed by atoms with Crippen LogP contribution < -0.4 is 15.7 Å². The molecule has 2 rings (SSSR count). The Hall–Kier alpha value is -2.50. The van der Waals surface area contributed by atoms with E-state index in [0.717, 1.165) is 22.7 Å². The zero-order valence-corrected chi connectivity index (χ0v) is 14.0. The first-order chi connectivity index (χ1) is 10.9. The fraction of sp³-hybridized carbons (Fsp3) is 0.412. The summed E-state index contributed by atoms with van der Waals surface area (Å²) in [6.07, 6.45) is 0.262. The van der Waals surface area contributed by atoms with Gasteiger partial charge in [-0.15, -0.1) is 0 Å². The van der Waals surface area contributed by atoms with Gasteiger partial charge in [0.05, 0.1) is 13.2 Å². The second kappa shape index (κ2) is 7.17. The fourth-order valence-electron chi connectivity index (χ4n) is 2.45. The topological polar surface area (TPSA) is 76.1 Å². The third-order valence-corrected chi connectivity index (χ3v) is 4.04. The minimum Gasteiger partial charge on any atom is -0.497 e. The Kier molecular flexibility index (Phi) is 5.26. The van der Waals surface area contributed by atoms with E-state index in [9.17, 15) is 9.59 Å². The molecule has 6 heteroatoms. The van der Waals surface area contributed by atoms with Gasteiger partial charge in [-0.3, -0.25) is 9.36 Å². The summed E-state index contributed by atoms with van der Waals surface area (Å²) in [5.41, 5.74) is 2.54. The van der Waals surface area contributed by atoms with Gasteiger partial charge in [-0.25, -0.2) is 4.79 Å². The van der Waals surface area contributed by atoms with E-state index in [-0.39, 0.29) is 24.1 Å². The zero-order valence-electron chi connectivity index (χ0n) is 14.0. The highest BCUT2D eigenvalue weighted by molar-refractivity contribution is 5.76. The summed E-state index contributed by atoms with van der Waals surface area (Å²) in [6, 6.07) is 7.48. The van der Waals surface area contributed by atoms with Crippen LogP contribution in [0.4, 0.5) is 0 Å². The molecule has 0 aliphatic rings. The molecule has 1 atom stereocenters. The van der Waals surface area contributed by atoms with Crippen LogP contribution in [0.25, 0.3) is 0 Å². The quantitative estimate of drug-likeness (QED) is 0.856. The Morgan fingerprint density at radius 3 is 2.48 bits per heavy atom. The predicted molar refractivity (Wildman–Crippen MR) is 88.7 cm³/mol. The summed E-state index contributed by atoms with van der Waals surface area (Å²) in [7, 11) is 1.62. The molecule has 0 aliphatic heterocycles. The standard InChI is InChI=1S/C17H23N3O3/c1-11-13(3)20(17(22)19-11)10-9-16(21)18-12(2)14-5-7-15(23-4)8-6-14/h5-8,12H,9-10H2,1-4H3,(H,18,21)(H,19,22). The average molecular weight is 317 g/mol. The van der Waals surface area contributed by atoms with Crippen molar-refractivity contribution in [3.05, 3.63) is 51.7 Å². The molecule has 0 saturated heterocycles. The van der Waals surface area contributed by atoms with Crippen molar-refractivity contribution in [2.45, 2.75) is 39.8 Å². The Morgan fingerprint density at radius 2 is 1.96 bits per heavy atom. The molecule has 1 aromatic carbocycles. The largest absolute Gasteiger partial charge is 0.497 e. The van der Waals surface area contributed by atoms with Crippen molar-refractivity contribution >= 4 is 5.91 Å². The fourth-order valence-corrected chi connectivity index (χ4v) is 2.45. The Morgan fingerprint density at radius 1 is 1.30 bits per heavy atom. The number of hydrogen-bond acceptors (Lipinski definition) is 3. The van der Waals surface area contributed by atoms with Crippen LogP contribution in [-0.2, 0) is 11.3 Å². The normalized spacial score (nSPS) is 12.0. The van der Waals surface area contributed by atoms with Gasteiger partial charge in [-0.1, -0.05) is 12.1 Å². The van der Waals surface area contributed by atoms with Crippen molar-refractivity contribution in [1.82, 2.24) is 14.9 Å². The van der Waals surface area contributed by atoms with E-state index in [1.165, 1.54) is 0 Å². The number of rotatable bonds is 6. The van der Waals surface area contributed by atoms with E-state index in [2.05, 4.69) is 10.3 Å². The maximum Gasteiger partial charge on any atom is 0.325 e. The maximum atomic E-state index is 12.1. The van der Waals surface area contributed by atoms with Crippen LogP contribution in [0, 0.1) is 13.8 Å². The molecule has 1 aromatic heterocycles. The number of nitrogens with one attached hydrogen (secondary N) is 2.